The number of likely N-dealkylation sites (N-methyl/N-ethyl adjacent to an activating group) is 1. The van der Waals surface area contributed by atoms with Crippen molar-refractivity contribution in [2.75, 3.05) is 67.8 Å². The summed E-state index contributed by atoms with van der Waals surface area (Å²) >= 11 is 0. The minimum Gasteiger partial charge on any atom is -0.497 e. The average molecular weight is 397 g/mol. The van der Waals surface area contributed by atoms with E-state index < -0.39 is 6.10 Å². The predicted octanol–water partition coefficient (Wildman–Crippen LogP) is 1.62. The van der Waals surface area contributed by atoms with E-state index in [0.717, 1.165) is 49.5 Å². The average Bonchev–Trinajstić information content (AvgIpc) is 2.68. The first kappa shape index (κ1) is 22.9. The van der Waals surface area contributed by atoms with Gasteiger partial charge >= 0.3 is 0 Å². The van der Waals surface area contributed by atoms with Crippen LogP contribution in [-0.4, -0.2) is 94.9 Å². The molecule has 0 radical (unpaired) electrons. The molecule has 1 atom stereocenters. The molecule has 1 aliphatic rings. The van der Waals surface area contributed by atoms with E-state index in [-0.39, 0.29) is 6.61 Å². The molecule has 1 aromatic carbocycles. The first-order valence-corrected chi connectivity index (χ1v) is 9.97. The fourth-order valence-electron chi connectivity index (χ4n) is 3.38. The lowest BCUT2D eigenvalue weighted by molar-refractivity contribution is -0.0159. The largest absolute Gasteiger partial charge is 0.497 e. The number of benzene rings is 1. The van der Waals surface area contributed by atoms with Crippen LogP contribution in [0.1, 0.15) is 18.4 Å². The van der Waals surface area contributed by atoms with Crippen LogP contribution in [0.15, 0.2) is 18.2 Å². The van der Waals surface area contributed by atoms with Gasteiger partial charge in [0.25, 0.3) is 0 Å². The van der Waals surface area contributed by atoms with Crippen molar-refractivity contribution in [3.63, 3.8) is 0 Å². The van der Waals surface area contributed by atoms with Crippen LogP contribution in [0, 0.1) is 0 Å². The number of ether oxygens (including phenoxy) is 4. The molecule has 0 saturated carbocycles. The molecule has 1 N–H and O–H groups in total. The molecule has 1 heterocycles. The maximum absolute atomic E-state index is 10.1. The van der Waals surface area contributed by atoms with E-state index in [0.29, 0.717) is 25.9 Å². The van der Waals surface area contributed by atoms with Crippen LogP contribution in [0.5, 0.6) is 11.5 Å². The summed E-state index contributed by atoms with van der Waals surface area (Å²) in [4.78, 5) is 4.36. The van der Waals surface area contributed by atoms with Gasteiger partial charge < -0.3 is 29.0 Å². The van der Waals surface area contributed by atoms with Gasteiger partial charge in [0, 0.05) is 38.9 Å². The van der Waals surface area contributed by atoms with Crippen molar-refractivity contribution in [1.82, 2.24) is 9.80 Å². The number of hydrogen-bond acceptors (Lipinski definition) is 7. The van der Waals surface area contributed by atoms with Crippen molar-refractivity contribution in [1.29, 1.82) is 0 Å². The molecule has 0 aromatic heterocycles. The summed E-state index contributed by atoms with van der Waals surface area (Å²) in [6, 6.07) is 5.85. The Labute approximate surface area is 169 Å². The van der Waals surface area contributed by atoms with Crippen molar-refractivity contribution >= 4 is 0 Å². The third-order valence-electron chi connectivity index (χ3n) is 4.84. The van der Waals surface area contributed by atoms with Gasteiger partial charge in [0.2, 0.25) is 0 Å². The number of nitrogens with zero attached hydrogens (tertiary/aromatic N) is 2. The van der Waals surface area contributed by atoms with Gasteiger partial charge in [-0.2, -0.15) is 0 Å². The summed E-state index contributed by atoms with van der Waals surface area (Å²) in [5, 5.41) is 10.1. The van der Waals surface area contributed by atoms with Crippen LogP contribution in [0.3, 0.4) is 0 Å². The Hall–Kier alpha value is -1.38. The summed E-state index contributed by atoms with van der Waals surface area (Å²) in [6.45, 7) is 4.90. The Morgan fingerprint density at radius 1 is 1.18 bits per heavy atom. The van der Waals surface area contributed by atoms with Gasteiger partial charge in [-0.1, -0.05) is 0 Å². The molecule has 28 heavy (non-hydrogen) atoms. The molecule has 7 nitrogen and oxygen atoms in total. The normalized spacial score (nSPS) is 17.1. The number of hydrogen-bond donors (Lipinski definition) is 1. The van der Waals surface area contributed by atoms with E-state index in [1.807, 2.05) is 37.2 Å². The van der Waals surface area contributed by atoms with E-state index in [9.17, 15) is 5.11 Å². The Bertz CT molecular complexity index is 562. The number of methoxy groups -OCH3 is 2. The maximum atomic E-state index is 10.1. The zero-order valence-electron chi connectivity index (χ0n) is 17.7. The lowest BCUT2D eigenvalue weighted by Gasteiger charge is -2.32. The van der Waals surface area contributed by atoms with E-state index >= 15 is 0 Å². The summed E-state index contributed by atoms with van der Waals surface area (Å²) in [6.07, 6.45) is 1.83. The Kier molecular flexibility index (Phi) is 10.0. The summed E-state index contributed by atoms with van der Waals surface area (Å²) < 4.78 is 22.2. The monoisotopic (exact) mass is 396 g/mol. The van der Waals surface area contributed by atoms with Gasteiger partial charge in [0.15, 0.2) is 0 Å². The first-order chi connectivity index (χ1) is 13.5. The van der Waals surface area contributed by atoms with E-state index in [4.69, 9.17) is 18.9 Å². The van der Waals surface area contributed by atoms with Gasteiger partial charge in [-0.3, -0.25) is 4.90 Å². The molecule has 1 fully saturated rings. The molecule has 1 saturated heterocycles. The summed E-state index contributed by atoms with van der Waals surface area (Å²) in [7, 11) is 7.23. The fraction of sp³-hybridized carbons (Fsp3) is 0.714. The Morgan fingerprint density at radius 3 is 2.57 bits per heavy atom. The second-order valence-electron chi connectivity index (χ2n) is 7.54. The smallest absolute Gasteiger partial charge is 0.124 e. The zero-order valence-corrected chi connectivity index (χ0v) is 17.7. The van der Waals surface area contributed by atoms with Gasteiger partial charge in [-0.15, -0.1) is 0 Å². The van der Waals surface area contributed by atoms with Crippen LogP contribution in [0.4, 0.5) is 0 Å². The second-order valence-corrected chi connectivity index (χ2v) is 7.54. The highest BCUT2D eigenvalue weighted by molar-refractivity contribution is 5.40. The highest BCUT2D eigenvalue weighted by Gasteiger charge is 2.21. The first-order valence-electron chi connectivity index (χ1n) is 9.97. The molecule has 0 aliphatic carbocycles. The SMILES string of the molecule is COCCOC1CCN(Cc2cc(OC)ccc2OCC(O)CN(C)C)CC1. The van der Waals surface area contributed by atoms with E-state index in [1.165, 1.54) is 0 Å². The van der Waals surface area contributed by atoms with Crippen LogP contribution < -0.4 is 9.47 Å². The zero-order chi connectivity index (χ0) is 20.4. The summed E-state index contributed by atoms with van der Waals surface area (Å²) in [5.41, 5.74) is 1.08. The van der Waals surface area contributed by atoms with Crippen LogP contribution in [-0.2, 0) is 16.0 Å². The molecule has 1 aliphatic heterocycles. The minimum absolute atomic E-state index is 0.271. The van der Waals surface area contributed by atoms with Crippen molar-refractivity contribution in [3.05, 3.63) is 23.8 Å². The predicted molar refractivity (Wildman–Crippen MR) is 109 cm³/mol. The molecule has 0 bridgehead atoms. The molecular formula is C21H36N2O5. The Balaban J connectivity index is 1.90. The quantitative estimate of drug-likeness (QED) is 0.539. The van der Waals surface area contributed by atoms with Gasteiger partial charge in [0.05, 0.1) is 26.4 Å². The standard InChI is InChI=1S/C21H36N2O5/c1-22(2)15-18(24)16-28-21-6-5-20(26-4)13-17(21)14-23-9-7-19(8-10-23)27-12-11-25-3/h5-6,13,18-19,24H,7-12,14-16H2,1-4H3. The van der Waals surface area contributed by atoms with Crippen molar-refractivity contribution in [2.24, 2.45) is 0 Å². The van der Waals surface area contributed by atoms with Crippen LogP contribution >= 0.6 is 0 Å². The molecule has 1 unspecified atom stereocenters. The lowest BCUT2D eigenvalue weighted by atomic mass is 10.1. The van der Waals surface area contributed by atoms with E-state index in [1.54, 1.807) is 14.2 Å². The number of likely N-dealkylation sites (tertiary alicyclic amines) is 1. The van der Waals surface area contributed by atoms with Gasteiger partial charge in [-0.25, -0.2) is 0 Å². The maximum Gasteiger partial charge on any atom is 0.124 e. The lowest BCUT2D eigenvalue weighted by Crippen LogP contribution is -2.37. The second kappa shape index (κ2) is 12.2. The third kappa shape index (κ3) is 7.93. The fourth-order valence-corrected chi connectivity index (χ4v) is 3.38. The van der Waals surface area contributed by atoms with Crippen molar-refractivity contribution in [3.8, 4) is 11.5 Å². The number of piperidine rings is 1. The van der Waals surface area contributed by atoms with Crippen molar-refractivity contribution in [2.45, 2.75) is 31.6 Å². The Morgan fingerprint density at radius 2 is 1.93 bits per heavy atom. The van der Waals surface area contributed by atoms with Crippen LogP contribution in [0.2, 0.25) is 0 Å². The molecule has 1 aromatic rings. The third-order valence-corrected chi connectivity index (χ3v) is 4.84. The number of aliphatic hydroxyl groups is 1. The molecule has 0 spiro atoms. The molecule has 160 valence electrons. The minimum atomic E-state index is -0.523. The number of aliphatic hydroxyl groups excluding tert-OH is 1. The highest BCUT2D eigenvalue weighted by atomic mass is 16.5. The van der Waals surface area contributed by atoms with Gasteiger partial charge in [0.1, 0.15) is 24.2 Å². The van der Waals surface area contributed by atoms with Crippen LogP contribution in [0.25, 0.3) is 0 Å². The highest BCUT2D eigenvalue weighted by Crippen LogP contribution is 2.27. The topological polar surface area (TPSA) is 63.6 Å². The number of rotatable bonds is 12. The molecular weight excluding hydrogens is 360 g/mol. The van der Waals surface area contributed by atoms with Gasteiger partial charge in [-0.05, 0) is 45.1 Å². The molecule has 2 rings (SSSR count). The van der Waals surface area contributed by atoms with Crippen molar-refractivity contribution < 1.29 is 24.1 Å². The molecule has 7 heteroatoms. The summed E-state index contributed by atoms with van der Waals surface area (Å²) in [5.74, 6) is 1.62. The molecule has 0 amide bonds. The van der Waals surface area contributed by atoms with E-state index in [2.05, 4.69) is 4.90 Å².